The minimum absolute atomic E-state index is 0.246. The second kappa shape index (κ2) is 6.04. The van der Waals surface area contributed by atoms with Crippen molar-refractivity contribution in [2.24, 2.45) is 5.92 Å². The van der Waals surface area contributed by atoms with Gasteiger partial charge in [-0.15, -0.1) is 0 Å². The molecule has 0 unspecified atom stereocenters. The average molecular weight is 288 g/mol. The van der Waals surface area contributed by atoms with Gasteiger partial charge in [0, 0.05) is 5.56 Å². The Hall–Kier alpha value is -2.22. The van der Waals surface area contributed by atoms with Crippen LogP contribution in [-0.2, 0) is 0 Å². The van der Waals surface area contributed by atoms with E-state index in [-0.39, 0.29) is 11.8 Å². The number of carbonyl (C=O) groups excluding carboxylic acids is 1. The zero-order chi connectivity index (χ0) is 15.5. The van der Waals surface area contributed by atoms with Gasteiger partial charge in [0.2, 0.25) is 0 Å². The van der Waals surface area contributed by atoms with Crippen molar-refractivity contribution in [2.75, 3.05) is 13.7 Å². The summed E-state index contributed by atoms with van der Waals surface area (Å²) in [7, 11) is 1.53. The van der Waals surface area contributed by atoms with E-state index in [1.807, 2.05) is 6.92 Å². The number of nitrogens with zero attached hydrogens (tertiary/aromatic N) is 1. The lowest BCUT2D eigenvalue weighted by Gasteiger charge is -2.23. The van der Waals surface area contributed by atoms with Gasteiger partial charge in [0.25, 0.3) is 5.91 Å². The fourth-order valence-corrected chi connectivity index (χ4v) is 2.27. The molecule has 1 N–H and O–H groups in total. The number of nitrogens with one attached hydrogen (secondary N) is 1. The molecule has 0 aromatic heterocycles. The van der Waals surface area contributed by atoms with Crippen LogP contribution in [0, 0.1) is 17.2 Å². The largest absolute Gasteiger partial charge is 0.493 e. The van der Waals surface area contributed by atoms with Gasteiger partial charge in [-0.05, 0) is 50.8 Å². The molecule has 2 rings (SSSR count). The van der Waals surface area contributed by atoms with Crippen LogP contribution in [0.5, 0.6) is 11.5 Å². The van der Waals surface area contributed by atoms with Gasteiger partial charge in [0.15, 0.2) is 11.5 Å². The van der Waals surface area contributed by atoms with Crippen molar-refractivity contribution in [2.45, 2.75) is 32.2 Å². The first-order chi connectivity index (χ1) is 10.0. The van der Waals surface area contributed by atoms with Crippen LogP contribution in [0.2, 0.25) is 0 Å². The third-order valence-electron chi connectivity index (χ3n) is 3.72. The Labute approximate surface area is 124 Å². The number of amides is 1. The van der Waals surface area contributed by atoms with E-state index in [1.54, 1.807) is 25.1 Å². The van der Waals surface area contributed by atoms with Crippen molar-refractivity contribution in [3.8, 4) is 17.6 Å². The highest BCUT2D eigenvalue weighted by Crippen LogP contribution is 2.39. The van der Waals surface area contributed by atoms with Crippen LogP contribution in [0.3, 0.4) is 0 Å². The van der Waals surface area contributed by atoms with E-state index in [9.17, 15) is 10.1 Å². The lowest BCUT2D eigenvalue weighted by Crippen LogP contribution is -2.46. The summed E-state index contributed by atoms with van der Waals surface area (Å²) in [6.07, 6.45) is 1.97. The normalized spacial score (nSPS) is 16.5. The van der Waals surface area contributed by atoms with Crippen LogP contribution < -0.4 is 14.8 Å². The number of rotatable bonds is 6. The summed E-state index contributed by atoms with van der Waals surface area (Å²) in [6.45, 7) is 4.18. The predicted octanol–water partition coefficient (Wildman–Crippen LogP) is 2.52. The quantitative estimate of drug-likeness (QED) is 0.873. The fourth-order valence-electron chi connectivity index (χ4n) is 2.27. The van der Waals surface area contributed by atoms with Crippen LogP contribution in [0.4, 0.5) is 0 Å². The molecule has 0 spiro atoms. The third-order valence-corrected chi connectivity index (χ3v) is 3.72. The van der Waals surface area contributed by atoms with Crippen LogP contribution in [-0.4, -0.2) is 25.2 Å². The maximum Gasteiger partial charge on any atom is 0.252 e. The Morgan fingerprint density at radius 1 is 1.48 bits per heavy atom. The minimum atomic E-state index is -0.803. The molecule has 1 saturated carbocycles. The number of hydrogen-bond donors (Lipinski definition) is 1. The van der Waals surface area contributed by atoms with Crippen LogP contribution >= 0.6 is 0 Å². The van der Waals surface area contributed by atoms with Crippen molar-refractivity contribution in [3.63, 3.8) is 0 Å². The van der Waals surface area contributed by atoms with Gasteiger partial charge in [-0.2, -0.15) is 5.26 Å². The second-order valence-electron chi connectivity index (χ2n) is 5.34. The molecule has 5 heteroatoms. The summed E-state index contributed by atoms with van der Waals surface area (Å²) in [6, 6.07) is 7.22. The van der Waals surface area contributed by atoms with E-state index in [4.69, 9.17) is 9.47 Å². The Morgan fingerprint density at radius 2 is 2.19 bits per heavy atom. The van der Waals surface area contributed by atoms with Gasteiger partial charge >= 0.3 is 0 Å². The lowest BCUT2D eigenvalue weighted by molar-refractivity contribution is 0.0917. The highest BCUT2D eigenvalue weighted by atomic mass is 16.5. The minimum Gasteiger partial charge on any atom is -0.493 e. The highest BCUT2D eigenvalue weighted by Gasteiger charge is 2.43. The summed E-state index contributed by atoms with van der Waals surface area (Å²) < 4.78 is 10.7. The maximum atomic E-state index is 12.3. The van der Waals surface area contributed by atoms with E-state index < -0.39 is 5.54 Å². The van der Waals surface area contributed by atoms with E-state index >= 15 is 0 Å². The molecule has 1 aliphatic carbocycles. The molecule has 21 heavy (non-hydrogen) atoms. The molecular weight excluding hydrogens is 268 g/mol. The molecule has 1 amide bonds. The van der Waals surface area contributed by atoms with Gasteiger partial charge in [-0.25, -0.2) is 0 Å². The van der Waals surface area contributed by atoms with Gasteiger partial charge in [0.05, 0.1) is 19.8 Å². The van der Waals surface area contributed by atoms with Gasteiger partial charge < -0.3 is 14.8 Å². The van der Waals surface area contributed by atoms with Crippen LogP contribution in [0.25, 0.3) is 0 Å². The topological polar surface area (TPSA) is 71.3 Å². The SMILES string of the molecule is CCOc1ccc(C(=O)N[C@@](C)(C#N)C2CC2)cc1OC. The molecule has 1 aliphatic rings. The maximum absolute atomic E-state index is 12.3. The van der Waals surface area contributed by atoms with Crippen molar-refractivity contribution in [3.05, 3.63) is 23.8 Å². The van der Waals surface area contributed by atoms with Crippen LogP contribution in [0.15, 0.2) is 18.2 Å². The molecule has 1 aromatic carbocycles. The molecule has 0 radical (unpaired) electrons. The number of benzene rings is 1. The standard InChI is InChI=1S/C16H20N2O3/c1-4-21-13-8-5-11(9-14(13)20-3)15(19)18-16(2,10-17)12-6-7-12/h5,8-9,12H,4,6-7H2,1-3H3,(H,18,19)/t16-/m0/s1. The van der Waals surface area contributed by atoms with E-state index in [1.165, 1.54) is 7.11 Å². The molecular formula is C16H20N2O3. The Balaban J connectivity index is 2.17. The molecule has 0 heterocycles. The van der Waals surface area contributed by atoms with E-state index in [2.05, 4.69) is 11.4 Å². The number of nitriles is 1. The van der Waals surface area contributed by atoms with Crippen molar-refractivity contribution >= 4 is 5.91 Å². The molecule has 1 fully saturated rings. The van der Waals surface area contributed by atoms with Gasteiger partial charge in [-0.1, -0.05) is 0 Å². The first kappa shape index (κ1) is 15.2. The summed E-state index contributed by atoms with van der Waals surface area (Å²) in [5.74, 6) is 1.08. The molecule has 1 atom stereocenters. The zero-order valence-corrected chi connectivity index (χ0v) is 12.6. The van der Waals surface area contributed by atoms with Crippen molar-refractivity contribution in [1.29, 1.82) is 5.26 Å². The molecule has 0 bridgehead atoms. The summed E-state index contributed by atoms with van der Waals surface area (Å²) in [4.78, 5) is 12.3. The lowest BCUT2D eigenvalue weighted by atomic mass is 9.97. The Kier molecular flexibility index (Phi) is 4.37. The van der Waals surface area contributed by atoms with Crippen molar-refractivity contribution < 1.29 is 14.3 Å². The van der Waals surface area contributed by atoms with Crippen molar-refractivity contribution in [1.82, 2.24) is 5.32 Å². The Morgan fingerprint density at radius 3 is 2.71 bits per heavy atom. The molecule has 5 nitrogen and oxygen atoms in total. The van der Waals surface area contributed by atoms with E-state index in [0.29, 0.717) is 23.7 Å². The molecule has 112 valence electrons. The summed E-state index contributed by atoms with van der Waals surface area (Å²) in [5, 5.41) is 12.1. The van der Waals surface area contributed by atoms with E-state index in [0.717, 1.165) is 12.8 Å². The molecule has 0 saturated heterocycles. The molecule has 0 aliphatic heterocycles. The monoisotopic (exact) mass is 288 g/mol. The number of methoxy groups -OCH3 is 1. The number of hydrogen-bond acceptors (Lipinski definition) is 4. The average Bonchev–Trinajstić information content (AvgIpc) is 3.32. The number of carbonyl (C=O) groups is 1. The number of ether oxygens (including phenoxy) is 2. The summed E-state index contributed by atoms with van der Waals surface area (Å²) >= 11 is 0. The zero-order valence-electron chi connectivity index (χ0n) is 12.6. The Bertz CT molecular complexity index is 575. The third kappa shape index (κ3) is 3.27. The first-order valence-electron chi connectivity index (χ1n) is 7.08. The summed E-state index contributed by atoms with van der Waals surface area (Å²) in [5.41, 5.74) is -0.347. The predicted molar refractivity (Wildman–Crippen MR) is 78.4 cm³/mol. The fraction of sp³-hybridized carbons (Fsp3) is 0.500. The van der Waals surface area contributed by atoms with Crippen LogP contribution in [0.1, 0.15) is 37.0 Å². The highest BCUT2D eigenvalue weighted by molar-refractivity contribution is 5.95. The van der Waals surface area contributed by atoms with Gasteiger partial charge in [-0.3, -0.25) is 4.79 Å². The molecule has 1 aromatic rings. The van der Waals surface area contributed by atoms with Gasteiger partial charge in [0.1, 0.15) is 5.54 Å². The smallest absolute Gasteiger partial charge is 0.252 e. The second-order valence-corrected chi connectivity index (χ2v) is 5.34. The first-order valence-corrected chi connectivity index (χ1v) is 7.08.